The summed E-state index contributed by atoms with van der Waals surface area (Å²) in [5.74, 6) is 0.435. The highest BCUT2D eigenvalue weighted by Gasteiger charge is 2.33. The number of aryl methyl sites for hydroxylation is 1. The number of hydrogen-bond acceptors (Lipinski definition) is 5. The molecule has 0 radical (unpaired) electrons. The molecule has 1 aromatic rings. The van der Waals surface area contributed by atoms with Gasteiger partial charge in [0, 0.05) is 18.2 Å². The van der Waals surface area contributed by atoms with Crippen LogP contribution in [-0.2, 0) is 15.8 Å². The third-order valence-electron chi connectivity index (χ3n) is 3.01. The Kier molecular flexibility index (Phi) is 3.24. The van der Waals surface area contributed by atoms with E-state index in [2.05, 4.69) is 9.88 Å². The lowest BCUT2D eigenvalue weighted by Crippen LogP contribution is -2.55. The predicted molar refractivity (Wildman–Crippen MR) is 62.6 cm³/mol. The van der Waals surface area contributed by atoms with Gasteiger partial charge in [-0.05, 0) is 26.2 Å². The average molecular weight is 259 g/mol. The summed E-state index contributed by atoms with van der Waals surface area (Å²) in [5.41, 5.74) is 6.00. The van der Waals surface area contributed by atoms with Crippen LogP contribution >= 0.6 is 0 Å². The maximum atomic E-state index is 11.7. The molecule has 1 fully saturated rings. The van der Waals surface area contributed by atoms with E-state index in [4.69, 9.17) is 10.3 Å². The van der Waals surface area contributed by atoms with Gasteiger partial charge in [-0.2, -0.15) is 0 Å². The summed E-state index contributed by atoms with van der Waals surface area (Å²) >= 11 is 0. The van der Waals surface area contributed by atoms with Crippen molar-refractivity contribution in [3.63, 3.8) is 0 Å². The van der Waals surface area contributed by atoms with E-state index in [1.165, 1.54) is 0 Å². The van der Waals surface area contributed by atoms with E-state index < -0.39 is 10.0 Å². The Balaban J connectivity index is 1.90. The average Bonchev–Trinajstić information content (AvgIpc) is 2.57. The van der Waals surface area contributed by atoms with E-state index >= 15 is 0 Å². The molecule has 0 bridgehead atoms. The molecule has 3 N–H and O–H groups in total. The SMILES string of the molecule is Cc1cc(CS(=O)(=O)NCC2(N)CCC2)no1. The van der Waals surface area contributed by atoms with E-state index in [0.29, 0.717) is 18.0 Å². The van der Waals surface area contributed by atoms with Gasteiger partial charge in [0.15, 0.2) is 0 Å². The fraction of sp³-hybridized carbons (Fsp3) is 0.700. The van der Waals surface area contributed by atoms with Crippen LogP contribution in [0.15, 0.2) is 10.6 Å². The number of nitrogens with zero attached hydrogens (tertiary/aromatic N) is 1. The summed E-state index contributed by atoms with van der Waals surface area (Å²) in [6.07, 6.45) is 2.82. The van der Waals surface area contributed by atoms with Crippen molar-refractivity contribution in [3.05, 3.63) is 17.5 Å². The van der Waals surface area contributed by atoms with Crippen molar-refractivity contribution in [1.29, 1.82) is 0 Å². The lowest BCUT2D eigenvalue weighted by atomic mass is 9.78. The van der Waals surface area contributed by atoms with Gasteiger partial charge in [0.05, 0.1) is 0 Å². The summed E-state index contributed by atoms with van der Waals surface area (Å²) in [6.45, 7) is 2.02. The van der Waals surface area contributed by atoms with Crippen molar-refractivity contribution < 1.29 is 12.9 Å². The van der Waals surface area contributed by atoms with Gasteiger partial charge in [0.2, 0.25) is 10.0 Å². The Bertz CT molecular complexity index is 491. The summed E-state index contributed by atoms with van der Waals surface area (Å²) in [6, 6.07) is 1.61. The zero-order chi connectivity index (χ0) is 12.5. The van der Waals surface area contributed by atoms with E-state index in [0.717, 1.165) is 19.3 Å². The Morgan fingerprint density at radius 1 is 1.59 bits per heavy atom. The van der Waals surface area contributed by atoms with Crippen LogP contribution < -0.4 is 10.5 Å². The topological polar surface area (TPSA) is 98.2 Å². The third-order valence-corrected chi connectivity index (χ3v) is 4.27. The Hall–Kier alpha value is -0.920. The first-order valence-electron chi connectivity index (χ1n) is 5.57. The van der Waals surface area contributed by atoms with Crippen molar-refractivity contribution in [1.82, 2.24) is 9.88 Å². The van der Waals surface area contributed by atoms with Crippen LogP contribution in [0.25, 0.3) is 0 Å². The fourth-order valence-electron chi connectivity index (χ4n) is 1.79. The molecule has 1 aromatic heterocycles. The molecule has 7 heteroatoms. The molecule has 0 spiro atoms. The molecule has 1 aliphatic rings. The minimum absolute atomic E-state index is 0.166. The van der Waals surface area contributed by atoms with Gasteiger partial charge in [-0.25, -0.2) is 13.1 Å². The Labute approximate surface area is 101 Å². The summed E-state index contributed by atoms with van der Waals surface area (Å²) in [5, 5.41) is 3.65. The molecule has 1 saturated carbocycles. The van der Waals surface area contributed by atoms with E-state index in [1.807, 2.05) is 0 Å². The van der Waals surface area contributed by atoms with Crippen molar-refractivity contribution in [2.45, 2.75) is 37.5 Å². The monoisotopic (exact) mass is 259 g/mol. The second-order valence-electron chi connectivity index (χ2n) is 4.73. The Morgan fingerprint density at radius 2 is 2.29 bits per heavy atom. The number of hydrogen-bond donors (Lipinski definition) is 2. The molecule has 0 aliphatic heterocycles. The molecule has 0 amide bonds. The first-order chi connectivity index (χ1) is 7.89. The molecular formula is C10H17N3O3S. The molecule has 1 heterocycles. The van der Waals surface area contributed by atoms with Gasteiger partial charge >= 0.3 is 0 Å². The highest BCUT2D eigenvalue weighted by molar-refractivity contribution is 7.88. The van der Waals surface area contributed by atoms with Gasteiger partial charge in [-0.3, -0.25) is 0 Å². The van der Waals surface area contributed by atoms with Gasteiger partial charge in [0.25, 0.3) is 0 Å². The molecule has 17 heavy (non-hydrogen) atoms. The number of nitrogens with two attached hydrogens (primary N) is 1. The second kappa shape index (κ2) is 4.40. The first kappa shape index (κ1) is 12.5. The first-order valence-corrected chi connectivity index (χ1v) is 7.22. The highest BCUT2D eigenvalue weighted by atomic mass is 32.2. The Morgan fingerprint density at radius 3 is 2.76 bits per heavy atom. The van der Waals surface area contributed by atoms with E-state index in [1.54, 1.807) is 13.0 Å². The number of sulfonamides is 1. The largest absolute Gasteiger partial charge is 0.361 e. The lowest BCUT2D eigenvalue weighted by Gasteiger charge is -2.37. The van der Waals surface area contributed by atoms with Crippen LogP contribution in [0.5, 0.6) is 0 Å². The summed E-state index contributed by atoms with van der Waals surface area (Å²) in [7, 11) is -3.38. The molecular weight excluding hydrogens is 242 g/mol. The maximum Gasteiger partial charge on any atom is 0.217 e. The summed E-state index contributed by atoms with van der Waals surface area (Å²) in [4.78, 5) is 0. The molecule has 0 saturated heterocycles. The van der Waals surface area contributed by atoms with Gasteiger partial charge < -0.3 is 10.3 Å². The summed E-state index contributed by atoms with van der Waals surface area (Å²) < 4.78 is 30.8. The van der Waals surface area contributed by atoms with Crippen LogP contribution in [0, 0.1) is 6.92 Å². The maximum absolute atomic E-state index is 11.7. The molecule has 1 aliphatic carbocycles. The highest BCUT2D eigenvalue weighted by Crippen LogP contribution is 2.28. The zero-order valence-corrected chi connectivity index (χ0v) is 10.6. The number of rotatable bonds is 5. The molecule has 0 atom stereocenters. The second-order valence-corrected chi connectivity index (χ2v) is 6.53. The minimum atomic E-state index is -3.38. The van der Waals surface area contributed by atoms with Crippen LogP contribution in [0.1, 0.15) is 30.7 Å². The number of nitrogens with one attached hydrogen (secondary N) is 1. The van der Waals surface area contributed by atoms with Gasteiger partial charge in [-0.15, -0.1) is 0 Å². The molecule has 2 rings (SSSR count). The van der Waals surface area contributed by atoms with E-state index in [-0.39, 0.29) is 11.3 Å². The zero-order valence-electron chi connectivity index (χ0n) is 9.77. The third kappa shape index (κ3) is 3.27. The molecule has 96 valence electrons. The van der Waals surface area contributed by atoms with Crippen molar-refractivity contribution in [2.75, 3.05) is 6.54 Å². The standard InChI is InChI=1S/C10H17N3O3S/c1-8-5-9(13-16-8)6-17(14,15)12-7-10(11)3-2-4-10/h5,12H,2-4,6-7,11H2,1H3. The molecule has 0 aromatic carbocycles. The smallest absolute Gasteiger partial charge is 0.217 e. The normalized spacial score (nSPS) is 18.9. The van der Waals surface area contributed by atoms with Crippen molar-refractivity contribution >= 4 is 10.0 Å². The van der Waals surface area contributed by atoms with Crippen LogP contribution in [-0.4, -0.2) is 25.7 Å². The fourth-order valence-corrected chi connectivity index (χ4v) is 2.93. The van der Waals surface area contributed by atoms with Gasteiger partial charge in [-0.1, -0.05) is 5.16 Å². The minimum Gasteiger partial charge on any atom is -0.361 e. The van der Waals surface area contributed by atoms with Crippen LogP contribution in [0.4, 0.5) is 0 Å². The predicted octanol–water partition coefficient (Wildman–Crippen LogP) is 0.284. The van der Waals surface area contributed by atoms with Gasteiger partial charge in [0.1, 0.15) is 17.2 Å². The lowest BCUT2D eigenvalue weighted by molar-refractivity contribution is 0.251. The molecule has 6 nitrogen and oxygen atoms in total. The molecule has 0 unspecified atom stereocenters. The van der Waals surface area contributed by atoms with Crippen LogP contribution in [0.2, 0.25) is 0 Å². The van der Waals surface area contributed by atoms with Crippen molar-refractivity contribution in [3.8, 4) is 0 Å². The number of aromatic nitrogens is 1. The quantitative estimate of drug-likeness (QED) is 0.791. The van der Waals surface area contributed by atoms with E-state index in [9.17, 15) is 8.42 Å². The van der Waals surface area contributed by atoms with Crippen molar-refractivity contribution in [2.24, 2.45) is 5.73 Å². The van der Waals surface area contributed by atoms with Crippen LogP contribution in [0.3, 0.4) is 0 Å².